The molecule has 0 heterocycles. The number of ether oxygens (including phenoxy) is 2. The van der Waals surface area contributed by atoms with Crippen LogP contribution in [0, 0.1) is 5.41 Å². The summed E-state index contributed by atoms with van der Waals surface area (Å²) in [4.78, 5) is 15.0. The summed E-state index contributed by atoms with van der Waals surface area (Å²) in [5.41, 5.74) is -0.314. The third-order valence-corrected chi connectivity index (χ3v) is 2.40. The largest absolute Gasteiger partial charge is 0.481 e. The second-order valence-electron chi connectivity index (χ2n) is 4.05. The predicted octanol–water partition coefficient (Wildman–Crippen LogP) is 2.42. The highest BCUT2D eigenvalue weighted by Crippen LogP contribution is 2.26. The minimum atomic E-state index is -0.314. The maximum atomic E-state index is 10.9. The maximum absolute atomic E-state index is 10.9. The summed E-state index contributed by atoms with van der Waals surface area (Å²) in [5, 5.41) is 0. The average Bonchev–Trinajstić information content (AvgIpc) is 2.23. The van der Waals surface area contributed by atoms with E-state index < -0.39 is 0 Å². The van der Waals surface area contributed by atoms with Crippen molar-refractivity contribution in [3.05, 3.63) is 0 Å². The lowest BCUT2D eigenvalue weighted by molar-refractivity contribution is -0.143. The van der Waals surface area contributed by atoms with Crippen LogP contribution in [0.5, 0.6) is 0 Å². The molecule has 0 saturated heterocycles. The smallest absolute Gasteiger partial charge is 0.302 e. The second kappa shape index (κ2) is 7.25. The minimum Gasteiger partial charge on any atom is -0.481 e. The van der Waals surface area contributed by atoms with E-state index in [4.69, 9.17) is 9.47 Å². The number of hydrogen-bond donors (Lipinski definition) is 0. The Balaban J connectivity index is 4.70. The zero-order valence-corrected chi connectivity index (χ0v) is 11.0. The zero-order valence-electron chi connectivity index (χ0n) is 11.0. The number of carbonyl (C=O) groups is 1. The molecule has 1 unspecified atom stereocenters. The van der Waals surface area contributed by atoms with Gasteiger partial charge in [0.1, 0.15) is 6.61 Å². The molecule has 0 bridgehead atoms. The molecule has 0 fully saturated rings. The number of aliphatic imine (C=N–C) groups is 1. The second-order valence-corrected chi connectivity index (χ2v) is 4.05. The fourth-order valence-corrected chi connectivity index (χ4v) is 1.70. The van der Waals surface area contributed by atoms with Crippen LogP contribution in [0.2, 0.25) is 0 Å². The summed E-state index contributed by atoms with van der Waals surface area (Å²) in [6.07, 6.45) is 1.87. The van der Waals surface area contributed by atoms with Gasteiger partial charge in [0.2, 0.25) is 0 Å². The number of esters is 1. The zero-order chi connectivity index (χ0) is 12.6. The SMILES string of the molecule is CCCC(C)(COC(C)=O)C(=NC)OCC. The molecule has 0 aliphatic rings. The van der Waals surface area contributed by atoms with Gasteiger partial charge in [-0.05, 0) is 20.3 Å². The van der Waals surface area contributed by atoms with Crippen molar-refractivity contribution in [2.75, 3.05) is 20.3 Å². The summed E-state index contributed by atoms with van der Waals surface area (Å²) in [6, 6.07) is 0. The minimum absolute atomic E-state index is 0.269. The van der Waals surface area contributed by atoms with E-state index in [-0.39, 0.29) is 11.4 Å². The van der Waals surface area contributed by atoms with Crippen LogP contribution in [0.4, 0.5) is 0 Å². The topological polar surface area (TPSA) is 47.9 Å². The Morgan fingerprint density at radius 1 is 1.31 bits per heavy atom. The Bertz CT molecular complexity index is 251. The lowest BCUT2D eigenvalue weighted by Crippen LogP contribution is -2.35. The van der Waals surface area contributed by atoms with E-state index >= 15 is 0 Å². The molecule has 0 N–H and O–H groups in total. The van der Waals surface area contributed by atoms with E-state index in [1.54, 1.807) is 7.05 Å². The first-order valence-corrected chi connectivity index (χ1v) is 5.73. The van der Waals surface area contributed by atoms with Crippen molar-refractivity contribution < 1.29 is 14.3 Å². The quantitative estimate of drug-likeness (QED) is 0.399. The van der Waals surface area contributed by atoms with Crippen LogP contribution in [-0.4, -0.2) is 32.1 Å². The molecule has 0 rings (SSSR count). The number of carbonyl (C=O) groups excluding carboxylic acids is 1. The van der Waals surface area contributed by atoms with Crippen molar-refractivity contribution in [3.8, 4) is 0 Å². The molecule has 0 aliphatic heterocycles. The Morgan fingerprint density at radius 2 is 1.94 bits per heavy atom. The molecular weight excluding hydrogens is 206 g/mol. The van der Waals surface area contributed by atoms with Gasteiger partial charge in [0, 0.05) is 14.0 Å². The third-order valence-electron chi connectivity index (χ3n) is 2.40. The molecule has 0 aromatic rings. The Kier molecular flexibility index (Phi) is 6.77. The highest BCUT2D eigenvalue weighted by Gasteiger charge is 2.32. The van der Waals surface area contributed by atoms with Crippen molar-refractivity contribution in [3.63, 3.8) is 0 Å². The molecule has 1 atom stereocenters. The molecule has 16 heavy (non-hydrogen) atoms. The number of nitrogens with zero attached hydrogens (tertiary/aromatic N) is 1. The summed E-state index contributed by atoms with van der Waals surface area (Å²) in [5.74, 6) is 0.396. The van der Waals surface area contributed by atoms with Crippen molar-refractivity contribution >= 4 is 11.9 Å². The predicted molar refractivity (Wildman–Crippen MR) is 64.6 cm³/mol. The third kappa shape index (κ3) is 4.64. The van der Waals surface area contributed by atoms with Gasteiger partial charge in [-0.15, -0.1) is 0 Å². The molecule has 4 nitrogen and oxygen atoms in total. The summed E-state index contributed by atoms with van der Waals surface area (Å²) >= 11 is 0. The Labute approximate surface area is 98.0 Å². The average molecular weight is 229 g/mol. The van der Waals surface area contributed by atoms with Gasteiger partial charge in [0.15, 0.2) is 5.90 Å². The van der Waals surface area contributed by atoms with E-state index in [2.05, 4.69) is 11.9 Å². The molecule has 0 amide bonds. The van der Waals surface area contributed by atoms with Gasteiger partial charge in [-0.25, -0.2) is 0 Å². The van der Waals surface area contributed by atoms with Crippen molar-refractivity contribution in [2.24, 2.45) is 10.4 Å². The van der Waals surface area contributed by atoms with E-state index in [9.17, 15) is 4.79 Å². The lowest BCUT2D eigenvalue weighted by atomic mass is 9.86. The van der Waals surface area contributed by atoms with Crippen LogP contribution < -0.4 is 0 Å². The Morgan fingerprint density at radius 3 is 2.31 bits per heavy atom. The molecule has 0 saturated carbocycles. The molecule has 0 aromatic carbocycles. The highest BCUT2D eigenvalue weighted by atomic mass is 16.5. The number of rotatable bonds is 6. The molecule has 0 radical (unpaired) electrons. The van der Waals surface area contributed by atoms with E-state index in [0.717, 1.165) is 12.8 Å². The fraction of sp³-hybridized carbons (Fsp3) is 0.833. The summed E-state index contributed by atoms with van der Waals surface area (Å²) in [6.45, 7) is 8.33. The fourth-order valence-electron chi connectivity index (χ4n) is 1.70. The monoisotopic (exact) mass is 229 g/mol. The first-order chi connectivity index (χ1) is 7.50. The van der Waals surface area contributed by atoms with Crippen LogP contribution in [-0.2, 0) is 14.3 Å². The molecule has 94 valence electrons. The van der Waals surface area contributed by atoms with Gasteiger partial charge in [0.25, 0.3) is 0 Å². The molecular formula is C12H23NO3. The van der Waals surface area contributed by atoms with Crippen LogP contribution in [0.3, 0.4) is 0 Å². The lowest BCUT2D eigenvalue weighted by Gasteiger charge is -2.29. The standard InChI is InChI=1S/C12H23NO3/c1-6-8-12(4,9-16-10(3)14)11(13-5)15-7-2/h6-9H2,1-5H3. The van der Waals surface area contributed by atoms with E-state index in [1.807, 2.05) is 13.8 Å². The van der Waals surface area contributed by atoms with E-state index in [1.165, 1.54) is 6.92 Å². The maximum Gasteiger partial charge on any atom is 0.302 e. The van der Waals surface area contributed by atoms with E-state index in [0.29, 0.717) is 19.1 Å². The molecule has 0 spiro atoms. The molecule has 0 aliphatic carbocycles. The van der Waals surface area contributed by atoms with Gasteiger partial charge < -0.3 is 9.47 Å². The van der Waals surface area contributed by atoms with Crippen LogP contribution in [0.25, 0.3) is 0 Å². The van der Waals surface area contributed by atoms with Gasteiger partial charge in [-0.2, -0.15) is 0 Å². The summed E-state index contributed by atoms with van der Waals surface area (Å²) in [7, 11) is 1.70. The Hall–Kier alpha value is -1.06. The first kappa shape index (κ1) is 14.9. The van der Waals surface area contributed by atoms with Gasteiger partial charge in [0.05, 0.1) is 12.0 Å². The van der Waals surface area contributed by atoms with Gasteiger partial charge >= 0.3 is 5.97 Å². The first-order valence-electron chi connectivity index (χ1n) is 5.73. The summed E-state index contributed by atoms with van der Waals surface area (Å²) < 4.78 is 10.6. The van der Waals surface area contributed by atoms with Crippen molar-refractivity contribution in [1.82, 2.24) is 0 Å². The van der Waals surface area contributed by atoms with Crippen LogP contribution >= 0.6 is 0 Å². The van der Waals surface area contributed by atoms with Crippen LogP contribution in [0.15, 0.2) is 4.99 Å². The van der Waals surface area contributed by atoms with Crippen LogP contribution in [0.1, 0.15) is 40.5 Å². The number of hydrogen-bond acceptors (Lipinski definition) is 4. The highest BCUT2D eigenvalue weighted by molar-refractivity contribution is 5.82. The van der Waals surface area contributed by atoms with Gasteiger partial charge in [-0.1, -0.05) is 13.3 Å². The molecule has 4 heteroatoms. The normalized spacial score (nSPS) is 15.4. The van der Waals surface area contributed by atoms with Crippen molar-refractivity contribution in [2.45, 2.75) is 40.5 Å². The van der Waals surface area contributed by atoms with Gasteiger partial charge in [-0.3, -0.25) is 9.79 Å². The van der Waals surface area contributed by atoms with Crippen molar-refractivity contribution in [1.29, 1.82) is 0 Å². The molecule has 0 aromatic heterocycles.